The number of anilines is 1. The van der Waals surface area contributed by atoms with E-state index in [1.54, 1.807) is 0 Å². The zero-order valence-electron chi connectivity index (χ0n) is 11.0. The van der Waals surface area contributed by atoms with Crippen LogP contribution in [0.2, 0.25) is 0 Å². The lowest BCUT2D eigenvalue weighted by Gasteiger charge is -2.25. The van der Waals surface area contributed by atoms with Gasteiger partial charge in [-0.15, -0.1) is 0 Å². The van der Waals surface area contributed by atoms with Crippen molar-refractivity contribution in [2.75, 3.05) is 12.3 Å². The van der Waals surface area contributed by atoms with Crippen molar-refractivity contribution < 1.29 is 17.9 Å². The molecule has 1 aromatic carbocycles. The van der Waals surface area contributed by atoms with E-state index >= 15 is 0 Å². The molecule has 0 amide bonds. The molecule has 0 saturated heterocycles. The summed E-state index contributed by atoms with van der Waals surface area (Å²) in [6.07, 6.45) is 2.61. The van der Waals surface area contributed by atoms with Crippen molar-refractivity contribution in [1.29, 1.82) is 0 Å². The Hall–Kier alpha value is -1.18. The third-order valence-electron chi connectivity index (χ3n) is 3.62. The Bertz CT molecular complexity index is 569. The molecule has 1 aliphatic rings. The highest BCUT2D eigenvalue weighted by Gasteiger charge is 2.23. The molecule has 1 saturated carbocycles. The molecule has 1 fully saturated rings. The lowest BCUT2D eigenvalue weighted by molar-refractivity contribution is 0.109. The summed E-state index contributed by atoms with van der Waals surface area (Å²) >= 11 is 0. The van der Waals surface area contributed by atoms with Gasteiger partial charge in [0.25, 0.3) is 0 Å². The van der Waals surface area contributed by atoms with Gasteiger partial charge in [-0.3, -0.25) is 0 Å². The molecule has 112 valence electrons. The highest BCUT2D eigenvalue weighted by atomic mass is 32.2. The van der Waals surface area contributed by atoms with Gasteiger partial charge < -0.3 is 10.8 Å². The number of benzene rings is 1. The molecule has 20 heavy (non-hydrogen) atoms. The number of nitrogen functional groups attached to an aromatic ring is 1. The Labute approximate surface area is 118 Å². The van der Waals surface area contributed by atoms with E-state index < -0.39 is 20.7 Å². The molecular formula is C13H19FN2O3S. The van der Waals surface area contributed by atoms with Crippen LogP contribution in [0.5, 0.6) is 0 Å². The number of hydrogen-bond donors (Lipinski definition) is 3. The first-order chi connectivity index (χ1) is 9.38. The van der Waals surface area contributed by atoms with E-state index in [9.17, 15) is 17.9 Å². The quantitative estimate of drug-likeness (QED) is 0.730. The van der Waals surface area contributed by atoms with E-state index in [1.807, 2.05) is 0 Å². The maximum absolute atomic E-state index is 13.6. The molecule has 0 aliphatic heterocycles. The van der Waals surface area contributed by atoms with Crippen molar-refractivity contribution >= 4 is 15.7 Å². The molecule has 0 atom stereocenters. The fourth-order valence-corrected chi connectivity index (χ4v) is 3.61. The largest absolute Gasteiger partial charge is 0.399 e. The first kappa shape index (κ1) is 15.2. The Morgan fingerprint density at radius 3 is 2.60 bits per heavy atom. The molecule has 0 aromatic heterocycles. The SMILES string of the molecule is Nc1ccc(F)c(S(=O)(=O)NCC2CCC(O)CC2)c1. The summed E-state index contributed by atoms with van der Waals surface area (Å²) < 4.78 is 40.1. The lowest BCUT2D eigenvalue weighted by atomic mass is 9.88. The Morgan fingerprint density at radius 1 is 1.30 bits per heavy atom. The maximum Gasteiger partial charge on any atom is 0.243 e. The molecule has 1 aliphatic carbocycles. The third kappa shape index (κ3) is 3.68. The van der Waals surface area contributed by atoms with E-state index in [0.717, 1.165) is 25.0 Å². The predicted molar refractivity (Wildman–Crippen MR) is 74.0 cm³/mol. The standard InChI is InChI=1S/C13H19FN2O3S/c14-12-6-3-10(15)7-13(12)20(18,19)16-8-9-1-4-11(17)5-2-9/h3,6-7,9,11,16-17H,1-2,4-5,8,15H2. The Kier molecular flexibility index (Phi) is 4.62. The van der Waals surface area contributed by atoms with Gasteiger partial charge in [-0.25, -0.2) is 17.5 Å². The minimum atomic E-state index is -3.89. The summed E-state index contributed by atoms with van der Waals surface area (Å²) in [4.78, 5) is -0.423. The summed E-state index contributed by atoms with van der Waals surface area (Å²) in [7, 11) is -3.89. The third-order valence-corrected chi connectivity index (χ3v) is 5.06. The highest BCUT2D eigenvalue weighted by molar-refractivity contribution is 7.89. The van der Waals surface area contributed by atoms with E-state index in [4.69, 9.17) is 5.73 Å². The number of nitrogens with one attached hydrogen (secondary N) is 1. The van der Waals surface area contributed by atoms with Crippen LogP contribution in [-0.4, -0.2) is 26.2 Å². The van der Waals surface area contributed by atoms with Gasteiger partial charge in [0.2, 0.25) is 10.0 Å². The highest BCUT2D eigenvalue weighted by Crippen LogP contribution is 2.24. The molecule has 4 N–H and O–H groups in total. The smallest absolute Gasteiger partial charge is 0.243 e. The molecule has 2 rings (SSSR count). The molecular weight excluding hydrogens is 283 g/mol. The molecule has 0 unspecified atom stereocenters. The first-order valence-corrected chi connectivity index (χ1v) is 8.09. The second-order valence-electron chi connectivity index (χ2n) is 5.22. The van der Waals surface area contributed by atoms with Gasteiger partial charge in [0, 0.05) is 12.2 Å². The molecule has 7 heteroatoms. The Balaban J connectivity index is 2.02. The van der Waals surface area contributed by atoms with Crippen LogP contribution in [0.15, 0.2) is 23.1 Å². The fraction of sp³-hybridized carbons (Fsp3) is 0.538. The van der Waals surface area contributed by atoms with Crippen LogP contribution in [0.3, 0.4) is 0 Å². The summed E-state index contributed by atoms with van der Waals surface area (Å²) in [6, 6.07) is 3.47. The molecule has 0 bridgehead atoms. The van der Waals surface area contributed by atoms with Crippen molar-refractivity contribution in [3.05, 3.63) is 24.0 Å². The van der Waals surface area contributed by atoms with Crippen LogP contribution in [-0.2, 0) is 10.0 Å². The van der Waals surface area contributed by atoms with Crippen molar-refractivity contribution in [3.8, 4) is 0 Å². The van der Waals surface area contributed by atoms with Crippen LogP contribution >= 0.6 is 0 Å². The van der Waals surface area contributed by atoms with Crippen LogP contribution in [0.4, 0.5) is 10.1 Å². The first-order valence-electron chi connectivity index (χ1n) is 6.61. The normalized spacial score (nSPS) is 23.7. The maximum atomic E-state index is 13.6. The predicted octanol–water partition coefficient (Wildman–Crippen LogP) is 1.24. The average Bonchev–Trinajstić information content (AvgIpc) is 2.41. The average molecular weight is 302 g/mol. The van der Waals surface area contributed by atoms with E-state index in [2.05, 4.69) is 4.72 Å². The van der Waals surface area contributed by atoms with Crippen molar-refractivity contribution in [3.63, 3.8) is 0 Å². The number of hydrogen-bond acceptors (Lipinski definition) is 4. The molecule has 1 aromatic rings. The van der Waals surface area contributed by atoms with E-state index in [0.29, 0.717) is 12.8 Å². The minimum Gasteiger partial charge on any atom is -0.399 e. The van der Waals surface area contributed by atoms with Crippen molar-refractivity contribution in [2.24, 2.45) is 5.92 Å². The lowest BCUT2D eigenvalue weighted by Crippen LogP contribution is -2.32. The molecule has 0 heterocycles. The zero-order valence-corrected chi connectivity index (χ0v) is 11.9. The number of aliphatic hydroxyl groups is 1. The minimum absolute atomic E-state index is 0.178. The van der Waals surface area contributed by atoms with Gasteiger partial charge in [-0.05, 0) is 49.8 Å². The molecule has 5 nitrogen and oxygen atoms in total. The van der Waals surface area contributed by atoms with Gasteiger partial charge in [0.15, 0.2) is 0 Å². The molecule has 0 spiro atoms. The summed E-state index contributed by atoms with van der Waals surface area (Å²) in [5.74, 6) is -0.636. The fourth-order valence-electron chi connectivity index (χ4n) is 2.38. The van der Waals surface area contributed by atoms with Gasteiger partial charge >= 0.3 is 0 Å². The summed E-state index contributed by atoms with van der Waals surface area (Å²) in [6.45, 7) is 0.253. The number of sulfonamides is 1. The summed E-state index contributed by atoms with van der Waals surface area (Å²) in [5, 5.41) is 9.40. The van der Waals surface area contributed by atoms with E-state index in [1.165, 1.54) is 6.07 Å². The van der Waals surface area contributed by atoms with Crippen molar-refractivity contribution in [1.82, 2.24) is 4.72 Å². The molecule has 0 radical (unpaired) electrons. The summed E-state index contributed by atoms with van der Waals surface area (Å²) in [5.41, 5.74) is 5.69. The van der Waals surface area contributed by atoms with Crippen molar-refractivity contribution in [2.45, 2.75) is 36.7 Å². The van der Waals surface area contributed by atoms with Gasteiger partial charge in [0.05, 0.1) is 6.10 Å². The van der Waals surface area contributed by atoms with Crippen LogP contribution in [0.25, 0.3) is 0 Å². The van der Waals surface area contributed by atoms with Crippen LogP contribution in [0, 0.1) is 11.7 Å². The number of aliphatic hydroxyl groups excluding tert-OH is 1. The number of nitrogens with two attached hydrogens (primary N) is 1. The number of halogens is 1. The van der Waals surface area contributed by atoms with E-state index in [-0.39, 0.29) is 24.3 Å². The monoisotopic (exact) mass is 302 g/mol. The second kappa shape index (κ2) is 6.07. The number of rotatable bonds is 4. The second-order valence-corrected chi connectivity index (χ2v) is 6.95. The van der Waals surface area contributed by atoms with Crippen LogP contribution in [0.1, 0.15) is 25.7 Å². The zero-order chi connectivity index (χ0) is 14.8. The topological polar surface area (TPSA) is 92.4 Å². The Morgan fingerprint density at radius 2 is 1.95 bits per heavy atom. The van der Waals surface area contributed by atoms with Crippen LogP contribution < -0.4 is 10.5 Å². The van der Waals surface area contributed by atoms with Gasteiger partial charge in [-0.1, -0.05) is 0 Å². The van der Waals surface area contributed by atoms with Gasteiger partial charge in [-0.2, -0.15) is 0 Å². The van der Waals surface area contributed by atoms with Gasteiger partial charge in [0.1, 0.15) is 10.7 Å².